The highest BCUT2D eigenvalue weighted by Gasteiger charge is 2.56. The second-order valence-electron chi connectivity index (χ2n) is 5.15. The summed E-state index contributed by atoms with van der Waals surface area (Å²) in [5.41, 5.74) is -0.660. The molecule has 3 rings (SSSR count). The molecule has 1 aromatic heterocycles. The number of ether oxygens (including phenoxy) is 2. The smallest absolute Gasteiger partial charge is 0.275 e. The van der Waals surface area contributed by atoms with Crippen LogP contribution in [0, 0.1) is 6.92 Å². The van der Waals surface area contributed by atoms with E-state index in [1.807, 2.05) is 0 Å². The van der Waals surface area contributed by atoms with E-state index in [0.29, 0.717) is 5.76 Å². The maximum Gasteiger partial charge on any atom is 0.275 e. The molecule has 0 aliphatic carbocycles. The van der Waals surface area contributed by atoms with Crippen molar-refractivity contribution >= 4 is 5.69 Å². The molecule has 8 heteroatoms. The van der Waals surface area contributed by atoms with Crippen LogP contribution in [-0.4, -0.2) is 57.2 Å². The number of hydrogen-bond donors (Lipinski definition) is 4. The maximum atomic E-state index is 10.2. The van der Waals surface area contributed by atoms with Gasteiger partial charge in [0.25, 0.3) is 5.88 Å². The molecule has 2 aliphatic rings. The maximum absolute atomic E-state index is 10.2. The first-order chi connectivity index (χ1) is 8.92. The van der Waals surface area contributed by atoms with Crippen molar-refractivity contribution in [3.8, 4) is 5.88 Å². The molecular weight excluding hydrogens is 256 g/mol. The van der Waals surface area contributed by atoms with Gasteiger partial charge in [-0.2, -0.15) is 0 Å². The Morgan fingerprint density at radius 2 is 2.16 bits per heavy atom. The number of aryl methyl sites for hydroxylation is 1. The average molecular weight is 272 g/mol. The molecule has 0 radical (unpaired) electrons. The number of nitrogens with one attached hydrogen (secondary N) is 1. The first kappa shape index (κ1) is 12.7. The van der Waals surface area contributed by atoms with Gasteiger partial charge in [0.05, 0.1) is 6.61 Å². The van der Waals surface area contributed by atoms with Crippen LogP contribution in [-0.2, 0) is 9.47 Å². The van der Waals surface area contributed by atoms with Gasteiger partial charge in [-0.15, -0.1) is 0 Å². The first-order valence-electron chi connectivity index (χ1n) is 6.00. The van der Waals surface area contributed by atoms with E-state index in [1.54, 1.807) is 13.8 Å². The van der Waals surface area contributed by atoms with Crippen LogP contribution < -0.4 is 5.32 Å². The molecular formula is C11H16N2O6. The number of fused-ring (bicyclic) bond motifs is 2. The minimum atomic E-state index is -1.10. The van der Waals surface area contributed by atoms with Crippen molar-refractivity contribution in [2.45, 2.75) is 44.0 Å². The number of aromatic nitrogens is 1. The molecule has 0 spiro atoms. The van der Waals surface area contributed by atoms with Gasteiger partial charge < -0.3 is 34.6 Å². The summed E-state index contributed by atoms with van der Waals surface area (Å²) in [6, 6.07) is -0.727. The van der Waals surface area contributed by atoms with Gasteiger partial charge in [-0.05, 0) is 19.0 Å². The van der Waals surface area contributed by atoms with E-state index in [2.05, 4.69) is 10.5 Å². The third kappa shape index (κ3) is 1.79. The Bertz CT molecular complexity index is 472. The summed E-state index contributed by atoms with van der Waals surface area (Å²) in [4.78, 5) is 0. The summed E-state index contributed by atoms with van der Waals surface area (Å²) in [5.74, 6) is 0.0519. The average Bonchev–Trinajstić information content (AvgIpc) is 2.88. The lowest BCUT2D eigenvalue weighted by Gasteiger charge is -2.41. The number of nitrogens with zero attached hydrogens (tertiary/aromatic N) is 1. The molecule has 106 valence electrons. The van der Waals surface area contributed by atoms with Crippen molar-refractivity contribution in [2.75, 3.05) is 11.9 Å². The summed E-state index contributed by atoms with van der Waals surface area (Å²) in [5, 5.41) is 36.0. The number of hydrogen-bond acceptors (Lipinski definition) is 8. The number of aromatic hydroxyl groups is 1. The number of rotatable bonds is 2. The van der Waals surface area contributed by atoms with Crippen molar-refractivity contribution in [3.63, 3.8) is 0 Å². The van der Waals surface area contributed by atoms with Crippen LogP contribution in [0.25, 0.3) is 0 Å². The van der Waals surface area contributed by atoms with Crippen molar-refractivity contribution < 1.29 is 29.3 Å². The van der Waals surface area contributed by atoms with Gasteiger partial charge in [-0.3, -0.25) is 0 Å². The predicted molar refractivity (Wildman–Crippen MR) is 61.6 cm³/mol. The molecule has 5 atom stereocenters. The molecule has 0 aromatic carbocycles. The Kier molecular flexibility index (Phi) is 2.72. The zero-order valence-corrected chi connectivity index (χ0v) is 10.5. The van der Waals surface area contributed by atoms with Crippen LogP contribution in [0.3, 0.4) is 0 Å². The highest BCUT2D eigenvalue weighted by Crippen LogP contribution is 2.38. The summed E-state index contributed by atoms with van der Waals surface area (Å²) < 4.78 is 15.8. The lowest BCUT2D eigenvalue weighted by Crippen LogP contribution is -2.61. The largest absolute Gasteiger partial charge is 0.490 e. The van der Waals surface area contributed by atoms with E-state index < -0.39 is 30.1 Å². The predicted octanol–water partition coefficient (Wildman–Crippen LogP) is -0.664. The Hall–Kier alpha value is -1.35. The van der Waals surface area contributed by atoms with Gasteiger partial charge in [0.1, 0.15) is 29.5 Å². The SMILES string of the molecule is Cc1onc(O)c1N[C@@H]1[C@H]2OC[C@](C)(O2)[C@H](O)[C@@H]1O. The van der Waals surface area contributed by atoms with Crippen LogP contribution in [0.1, 0.15) is 12.7 Å². The standard InChI is InChI=1S/C11H16N2O6/c1-4-5(9(16)13-19-4)12-6-7(14)8(15)11(2)3-17-10(6)18-11/h6-8,10,12,14-15H,3H2,1-2H3,(H,13,16)/t6-,7+,8+,10-,11-/m0/s1. The molecule has 2 bridgehead atoms. The monoisotopic (exact) mass is 272 g/mol. The number of aliphatic hydroxyl groups excluding tert-OH is 2. The Morgan fingerprint density at radius 1 is 1.42 bits per heavy atom. The highest BCUT2D eigenvalue weighted by molar-refractivity contribution is 5.55. The second kappa shape index (κ2) is 4.07. The molecule has 0 amide bonds. The van der Waals surface area contributed by atoms with E-state index in [-0.39, 0.29) is 18.2 Å². The Morgan fingerprint density at radius 3 is 2.79 bits per heavy atom. The summed E-state index contributed by atoms with van der Waals surface area (Å²) in [6.07, 6.45) is -2.90. The third-order valence-electron chi connectivity index (χ3n) is 3.69. The molecule has 0 unspecified atom stereocenters. The van der Waals surface area contributed by atoms with Gasteiger partial charge in [-0.1, -0.05) is 0 Å². The van der Waals surface area contributed by atoms with Crippen LogP contribution in [0.4, 0.5) is 5.69 Å². The van der Waals surface area contributed by atoms with Crippen molar-refractivity contribution in [2.24, 2.45) is 0 Å². The van der Waals surface area contributed by atoms with Crippen LogP contribution in [0.2, 0.25) is 0 Å². The lowest BCUT2D eigenvalue weighted by atomic mass is 9.89. The minimum absolute atomic E-state index is 0.197. The molecule has 1 aromatic rings. The third-order valence-corrected chi connectivity index (χ3v) is 3.69. The molecule has 8 nitrogen and oxygen atoms in total. The van der Waals surface area contributed by atoms with Crippen molar-refractivity contribution in [1.82, 2.24) is 5.16 Å². The van der Waals surface area contributed by atoms with E-state index in [9.17, 15) is 15.3 Å². The highest BCUT2D eigenvalue weighted by atomic mass is 16.7. The Balaban J connectivity index is 1.85. The minimum Gasteiger partial charge on any atom is -0.490 e. The topological polar surface area (TPSA) is 117 Å². The zero-order valence-electron chi connectivity index (χ0n) is 10.5. The normalized spacial score (nSPS) is 41.5. The Labute approximate surface area is 108 Å². The van der Waals surface area contributed by atoms with Crippen LogP contribution >= 0.6 is 0 Å². The van der Waals surface area contributed by atoms with Crippen molar-refractivity contribution in [3.05, 3.63) is 5.76 Å². The zero-order chi connectivity index (χ0) is 13.8. The van der Waals surface area contributed by atoms with Crippen LogP contribution in [0.15, 0.2) is 4.52 Å². The molecule has 2 saturated heterocycles. The summed E-state index contributed by atoms with van der Waals surface area (Å²) >= 11 is 0. The fourth-order valence-electron chi connectivity index (χ4n) is 2.48. The molecule has 3 heterocycles. The fraction of sp³-hybridized carbons (Fsp3) is 0.727. The quantitative estimate of drug-likeness (QED) is 0.560. The molecule has 2 aliphatic heterocycles. The van der Waals surface area contributed by atoms with E-state index >= 15 is 0 Å². The molecule has 4 N–H and O–H groups in total. The van der Waals surface area contributed by atoms with E-state index in [0.717, 1.165) is 0 Å². The van der Waals surface area contributed by atoms with E-state index in [4.69, 9.17) is 14.0 Å². The van der Waals surface area contributed by atoms with Gasteiger partial charge in [0.15, 0.2) is 12.1 Å². The molecule has 19 heavy (non-hydrogen) atoms. The molecule has 0 saturated carbocycles. The van der Waals surface area contributed by atoms with Gasteiger partial charge in [-0.25, -0.2) is 0 Å². The first-order valence-corrected chi connectivity index (χ1v) is 6.00. The number of anilines is 1. The lowest BCUT2D eigenvalue weighted by molar-refractivity contribution is -0.208. The second-order valence-corrected chi connectivity index (χ2v) is 5.15. The number of aliphatic hydroxyl groups is 2. The fourth-order valence-corrected chi connectivity index (χ4v) is 2.48. The van der Waals surface area contributed by atoms with Crippen LogP contribution in [0.5, 0.6) is 5.88 Å². The van der Waals surface area contributed by atoms with Crippen molar-refractivity contribution in [1.29, 1.82) is 0 Å². The van der Waals surface area contributed by atoms with Gasteiger partial charge in [0, 0.05) is 0 Å². The summed E-state index contributed by atoms with van der Waals surface area (Å²) in [7, 11) is 0. The summed E-state index contributed by atoms with van der Waals surface area (Å²) in [6.45, 7) is 3.49. The molecule has 2 fully saturated rings. The van der Waals surface area contributed by atoms with E-state index in [1.165, 1.54) is 0 Å². The van der Waals surface area contributed by atoms with Gasteiger partial charge in [0.2, 0.25) is 0 Å². The van der Waals surface area contributed by atoms with Gasteiger partial charge >= 0.3 is 0 Å².